The molecule has 0 saturated heterocycles. The highest BCUT2D eigenvalue weighted by atomic mass is 16.6. The van der Waals surface area contributed by atoms with Crippen LogP contribution >= 0.6 is 0 Å². The second-order valence-corrected chi connectivity index (χ2v) is 6.00. The fourth-order valence-electron chi connectivity index (χ4n) is 2.69. The van der Waals surface area contributed by atoms with Gasteiger partial charge < -0.3 is 24.6 Å². The molecule has 2 N–H and O–H groups in total. The number of carbonyl (C=O) groups excluding carboxylic acids is 1. The molecule has 24 heavy (non-hydrogen) atoms. The summed E-state index contributed by atoms with van der Waals surface area (Å²) in [6, 6.07) is 8.32. The van der Waals surface area contributed by atoms with E-state index in [4.69, 9.17) is 9.47 Å². The molecule has 6 heteroatoms. The van der Waals surface area contributed by atoms with Crippen LogP contribution in [0.4, 0.5) is 0 Å². The van der Waals surface area contributed by atoms with Crippen LogP contribution in [-0.4, -0.2) is 72.7 Å². The Morgan fingerprint density at radius 3 is 2.29 bits per heavy atom. The number of hydrogen-bond donors (Lipinski definition) is 2. The molecule has 1 rings (SSSR count). The molecule has 0 saturated carbocycles. The average Bonchev–Trinajstić information content (AvgIpc) is 2.54. The number of aliphatic hydroxyl groups excluding tert-OH is 2. The normalized spacial score (nSPS) is 16.5. The van der Waals surface area contributed by atoms with Gasteiger partial charge in [0.1, 0.15) is 6.61 Å². The van der Waals surface area contributed by atoms with Gasteiger partial charge in [0.05, 0.1) is 36.5 Å². The number of carbonyl (C=O) groups is 1. The van der Waals surface area contributed by atoms with Crippen LogP contribution < -0.4 is 0 Å². The summed E-state index contributed by atoms with van der Waals surface area (Å²) in [5.41, 5.74) is 0.492. The number of ether oxygens (including phenoxy) is 2. The number of hydrogen-bond acceptors (Lipinski definition) is 6. The molecule has 0 fully saturated rings. The molecule has 4 atom stereocenters. The Morgan fingerprint density at radius 2 is 1.79 bits per heavy atom. The van der Waals surface area contributed by atoms with Crippen LogP contribution in [0.1, 0.15) is 30.6 Å². The molecule has 0 aromatic heterocycles. The lowest BCUT2D eigenvalue weighted by Gasteiger charge is -2.35. The second kappa shape index (κ2) is 10.4. The molecule has 0 bridgehead atoms. The summed E-state index contributed by atoms with van der Waals surface area (Å²) in [5.74, 6) is -0.400. The molecular weight excluding hydrogens is 310 g/mol. The lowest BCUT2D eigenvalue weighted by molar-refractivity contribution is -0.0977. The summed E-state index contributed by atoms with van der Waals surface area (Å²) in [6.45, 7) is 3.84. The van der Waals surface area contributed by atoms with E-state index in [1.165, 1.54) is 0 Å². The first-order valence-electron chi connectivity index (χ1n) is 8.24. The minimum atomic E-state index is -0.838. The van der Waals surface area contributed by atoms with Crippen molar-refractivity contribution in [1.29, 1.82) is 0 Å². The Balaban J connectivity index is 2.44. The zero-order valence-corrected chi connectivity index (χ0v) is 14.9. The third-order valence-corrected chi connectivity index (χ3v) is 3.88. The van der Waals surface area contributed by atoms with E-state index in [1.807, 2.05) is 13.0 Å². The molecule has 0 aliphatic rings. The summed E-state index contributed by atoms with van der Waals surface area (Å²) in [7, 11) is 3.60. The number of esters is 1. The van der Waals surface area contributed by atoms with Gasteiger partial charge in [-0.25, -0.2) is 4.79 Å². The zero-order valence-electron chi connectivity index (χ0n) is 14.9. The second-order valence-electron chi connectivity index (χ2n) is 6.00. The van der Waals surface area contributed by atoms with Crippen molar-refractivity contribution in [3.8, 4) is 0 Å². The molecule has 0 aliphatic heterocycles. The number of rotatable bonds is 10. The highest BCUT2D eigenvalue weighted by Gasteiger charge is 2.32. The summed E-state index contributed by atoms with van der Waals surface area (Å²) in [4.78, 5) is 13.6. The molecule has 1 aromatic carbocycles. The predicted molar refractivity (Wildman–Crippen MR) is 91.9 cm³/mol. The Morgan fingerprint density at radius 1 is 1.17 bits per heavy atom. The van der Waals surface area contributed by atoms with E-state index in [0.29, 0.717) is 12.0 Å². The lowest BCUT2D eigenvalue weighted by Crippen LogP contribution is -2.52. The van der Waals surface area contributed by atoms with Crippen molar-refractivity contribution in [3.05, 3.63) is 35.9 Å². The maximum absolute atomic E-state index is 11.8. The molecule has 136 valence electrons. The molecule has 0 radical (unpaired) electrons. The quantitative estimate of drug-likeness (QED) is 0.494. The van der Waals surface area contributed by atoms with Crippen LogP contribution in [-0.2, 0) is 9.47 Å². The third-order valence-electron chi connectivity index (χ3n) is 3.88. The minimum Gasteiger partial charge on any atom is -0.460 e. The van der Waals surface area contributed by atoms with Gasteiger partial charge in [0.15, 0.2) is 0 Å². The van der Waals surface area contributed by atoms with E-state index in [1.54, 1.807) is 50.2 Å². The highest BCUT2D eigenvalue weighted by Crippen LogP contribution is 2.15. The fourth-order valence-corrected chi connectivity index (χ4v) is 2.69. The number of aliphatic hydroxyl groups is 2. The van der Waals surface area contributed by atoms with Crippen molar-refractivity contribution >= 4 is 5.97 Å². The van der Waals surface area contributed by atoms with E-state index in [2.05, 4.69) is 0 Å². The van der Waals surface area contributed by atoms with Crippen molar-refractivity contribution in [2.75, 3.05) is 27.3 Å². The van der Waals surface area contributed by atoms with Crippen LogP contribution in [0.25, 0.3) is 0 Å². The molecule has 0 aliphatic carbocycles. The SMILES string of the molecule is CC[C@H](OCCOC(=O)c1ccccc1)C(O)C([C@@H](C)O)N(C)C. The molecule has 1 aromatic rings. The van der Waals surface area contributed by atoms with Crippen LogP contribution in [0.3, 0.4) is 0 Å². The Labute approximate surface area is 144 Å². The van der Waals surface area contributed by atoms with Crippen LogP contribution in [0.2, 0.25) is 0 Å². The van der Waals surface area contributed by atoms with E-state index in [9.17, 15) is 15.0 Å². The first kappa shape index (κ1) is 20.6. The van der Waals surface area contributed by atoms with Gasteiger partial charge in [-0.05, 0) is 39.6 Å². The maximum atomic E-state index is 11.8. The van der Waals surface area contributed by atoms with Gasteiger partial charge in [0.25, 0.3) is 0 Å². The fraction of sp³-hybridized carbons (Fsp3) is 0.611. The molecule has 0 amide bonds. The van der Waals surface area contributed by atoms with Crippen molar-refractivity contribution in [2.24, 2.45) is 0 Å². The summed E-state index contributed by atoms with van der Waals surface area (Å²) in [5, 5.41) is 20.3. The zero-order chi connectivity index (χ0) is 18.1. The van der Waals surface area contributed by atoms with Crippen molar-refractivity contribution in [2.45, 2.75) is 44.6 Å². The molecule has 2 unspecified atom stereocenters. The lowest BCUT2D eigenvalue weighted by atomic mass is 9.98. The number of benzene rings is 1. The summed E-state index contributed by atoms with van der Waals surface area (Å²) in [6.07, 6.45) is -1.38. The largest absolute Gasteiger partial charge is 0.460 e. The summed E-state index contributed by atoms with van der Waals surface area (Å²) >= 11 is 0. The van der Waals surface area contributed by atoms with Gasteiger partial charge in [-0.3, -0.25) is 0 Å². The topological polar surface area (TPSA) is 79.2 Å². The number of nitrogens with zero attached hydrogens (tertiary/aromatic N) is 1. The predicted octanol–water partition coefficient (Wildman–Crippen LogP) is 1.31. The molecular formula is C18H29NO5. The van der Waals surface area contributed by atoms with Gasteiger partial charge in [0.2, 0.25) is 0 Å². The molecule has 0 heterocycles. The van der Waals surface area contributed by atoms with Crippen LogP contribution in [0.15, 0.2) is 30.3 Å². The first-order valence-corrected chi connectivity index (χ1v) is 8.24. The van der Waals surface area contributed by atoms with Gasteiger partial charge in [-0.15, -0.1) is 0 Å². The first-order chi connectivity index (χ1) is 11.4. The number of likely N-dealkylation sites (N-methyl/N-ethyl adjacent to an activating group) is 1. The molecule has 0 spiro atoms. The highest BCUT2D eigenvalue weighted by molar-refractivity contribution is 5.89. The maximum Gasteiger partial charge on any atom is 0.338 e. The van der Waals surface area contributed by atoms with E-state index >= 15 is 0 Å². The summed E-state index contributed by atoms with van der Waals surface area (Å²) < 4.78 is 10.8. The van der Waals surface area contributed by atoms with Crippen LogP contribution in [0.5, 0.6) is 0 Å². The van der Waals surface area contributed by atoms with Crippen LogP contribution in [0, 0.1) is 0 Å². The monoisotopic (exact) mass is 339 g/mol. The van der Waals surface area contributed by atoms with Gasteiger partial charge in [-0.1, -0.05) is 25.1 Å². The smallest absolute Gasteiger partial charge is 0.338 e. The Hall–Kier alpha value is -1.47. The van der Waals surface area contributed by atoms with E-state index in [0.717, 1.165) is 0 Å². The van der Waals surface area contributed by atoms with E-state index < -0.39 is 30.3 Å². The van der Waals surface area contributed by atoms with Gasteiger partial charge in [0, 0.05) is 0 Å². The standard InChI is InChI=1S/C18H29NO5/c1-5-15(17(21)16(13(2)20)19(3)4)23-11-12-24-18(22)14-9-7-6-8-10-14/h6-10,13,15-17,20-21H,5,11-12H2,1-4H3/t13-,15+,16?,17?/m1/s1. The Kier molecular flexibility index (Phi) is 8.92. The third kappa shape index (κ3) is 6.20. The van der Waals surface area contributed by atoms with Crippen molar-refractivity contribution in [1.82, 2.24) is 4.90 Å². The average molecular weight is 339 g/mol. The minimum absolute atomic E-state index is 0.109. The van der Waals surface area contributed by atoms with Gasteiger partial charge in [-0.2, -0.15) is 0 Å². The van der Waals surface area contributed by atoms with Crippen molar-refractivity contribution < 1.29 is 24.5 Å². The van der Waals surface area contributed by atoms with Gasteiger partial charge >= 0.3 is 5.97 Å². The Bertz CT molecular complexity index is 470. The van der Waals surface area contributed by atoms with Crippen molar-refractivity contribution in [3.63, 3.8) is 0 Å². The molecule has 6 nitrogen and oxygen atoms in total. The van der Waals surface area contributed by atoms with E-state index in [-0.39, 0.29) is 13.2 Å².